The van der Waals surface area contributed by atoms with Gasteiger partial charge in [-0.3, -0.25) is 0 Å². The van der Waals surface area contributed by atoms with Gasteiger partial charge in [-0.1, -0.05) is 25.4 Å². The minimum Gasteiger partial charge on any atom is -0.396 e. The zero-order valence-electron chi connectivity index (χ0n) is 11.8. The van der Waals surface area contributed by atoms with Crippen molar-refractivity contribution < 1.29 is 12.8 Å². The van der Waals surface area contributed by atoms with Crippen molar-refractivity contribution >= 4 is 27.3 Å². The molecule has 0 bridgehead atoms. The van der Waals surface area contributed by atoms with Gasteiger partial charge in [-0.25, -0.2) is 17.5 Å². The van der Waals surface area contributed by atoms with Gasteiger partial charge >= 0.3 is 0 Å². The third-order valence-electron chi connectivity index (χ3n) is 2.87. The Labute approximate surface area is 124 Å². The number of hydrogen-bond donors (Lipinski definition) is 2. The second kappa shape index (κ2) is 6.74. The van der Waals surface area contributed by atoms with Gasteiger partial charge in [0.25, 0.3) is 0 Å². The number of sulfonamides is 1. The van der Waals surface area contributed by atoms with Gasteiger partial charge < -0.3 is 5.73 Å². The number of halogens is 2. The molecule has 20 heavy (non-hydrogen) atoms. The summed E-state index contributed by atoms with van der Waals surface area (Å²) >= 11 is 5.78. The average molecular weight is 323 g/mol. The van der Waals surface area contributed by atoms with E-state index in [1.807, 2.05) is 0 Å². The van der Waals surface area contributed by atoms with E-state index in [1.165, 1.54) is 0 Å². The van der Waals surface area contributed by atoms with Crippen LogP contribution in [0.5, 0.6) is 0 Å². The molecule has 1 aromatic rings. The van der Waals surface area contributed by atoms with Crippen LogP contribution in [0, 0.1) is 11.7 Å². The summed E-state index contributed by atoms with van der Waals surface area (Å²) in [7, 11) is -3.81. The highest BCUT2D eigenvalue weighted by Crippen LogP contribution is 2.26. The van der Waals surface area contributed by atoms with Crippen molar-refractivity contribution in [1.29, 1.82) is 0 Å². The van der Waals surface area contributed by atoms with Gasteiger partial charge in [-0.05, 0) is 37.8 Å². The smallest absolute Gasteiger partial charge is 0.242 e. The molecule has 7 heteroatoms. The molecule has 0 radical (unpaired) electrons. The maximum atomic E-state index is 13.2. The lowest BCUT2D eigenvalue weighted by atomic mass is 10.1. The molecule has 0 spiro atoms. The largest absolute Gasteiger partial charge is 0.396 e. The molecule has 1 aromatic carbocycles. The monoisotopic (exact) mass is 322 g/mol. The van der Waals surface area contributed by atoms with E-state index in [-0.39, 0.29) is 21.6 Å². The van der Waals surface area contributed by atoms with Gasteiger partial charge in [0.1, 0.15) is 10.7 Å². The topological polar surface area (TPSA) is 72.2 Å². The molecular weight excluding hydrogens is 303 g/mol. The number of rotatable bonds is 6. The fraction of sp³-hybridized carbons (Fsp3) is 0.538. The first-order valence-corrected chi connectivity index (χ1v) is 8.26. The van der Waals surface area contributed by atoms with Gasteiger partial charge in [0.15, 0.2) is 0 Å². The average Bonchev–Trinajstić information content (AvgIpc) is 2.30. The van der Waals surface area contributed by atoms with Gasteiger partial charge in [0.05, 0.1) is 10.7 Å². The Hall–Kier alpha value is -0.850. The highest BCUT2D eigenvalue weighted by molar-refractivity contribution is 7.89. The number of nitrogens with two attached hydrogens (primary N) is 1. The van der Waals surface area contributed by atoms with Crippen LogP contribution in [0.15, 0.2) is 17.0 Å². The maximum Gasteiger partial charge on any atom is 0.242 e. The molecule has 3 N–H and O–H groups in total. The molecule has 0 saturated carbocycles. The van der Waals surface area contributed by atoms with Gasteiger partial charge in [-0.15, -0.1) is 0 Å². The molecule has 0 heterocycles. The summed E-state index contributed by atoms with van der Waals surface area (Å²) in [5.74, 6) is -0.242. The fourth-order valence-electron chi connectivity index (χ4n) is 1.72. The van der Waals surface area contributed by atoms with Crippen molar-refractivity contribution in [3.05, 3.63) is 23.0 Å². The second-order valence-corrected chi connectivity index (χ2v) is 7.39. The lowest BCUT2D eigenvalue weighted by Crippen LogP contribution is -2.33. The Morgan fingerprint density at radius 3 is 2.45 bits per heavy atom. The molecule has 0 saturated heterocycles. The minimum atomic E-state index is -3.81. The number of anilines is 1. The van der Waals surface area contributed by atoms with E-state index in [9.17, 15) is 12.8 Å². The standard InChI is InChI=1S/C13H20ClFN2O2S/c1-8(2)4-5-9(3)17-20(18,19)13-7-12(16)11(15)6-10(13)14/h6-9,17H,4-5,16H2,1-3H3. The number of nitrogen functional groups attached to an aromatic ring is 1. The molecule has 0 aliphatic carbocycles. The first-order valence-electron chi connectivity index (χ1n) is 6.40. The normalized spacial score (nSPS) is 13.7. The quantitative estimate of drug-likeness (QED) is 0.790. The third-order valence-corrected chi connectivity index (χ3v) is 4.93. The molecule has 0 fully saturated rings. The number of hydrogen-bond acceptors (Lipinski definition) is 3. The fourth-order valence-corrected chi connectivity index (χ4v) is 3.55. The summed E-state index contributed by atoms with van der Waals surface area (Å²) in [5.41, 5.74) is 5.14. The molecule has 0 aromatic heterocycles. The van der Waals surface area contributed by atoms with E-state index >= 15 is 0 Å². The molecular formula is C13H20ClFN2O2S. The predicted octanol–water partition coefficient (Wildman–Crippen LogP) is 3.16. The lowest BCUT2D eigenvalue weighted by molar-refractivity contribution is 0.485. The van der Waals surface area contributed by atoms with Crippen LogP contribution in [0.3, 0.4) is 0 Å². The van der Waals surface area contributed by atoms with Crippen LogP contribution >= 0.6 is 11.6 Å². The van der Waals surface area contributed by atoms with Crippen molar-refractivity contribution in [3.8, 4) is 0 Å². The molecule has 1 rings (SSSR count). The summed E-state index contributed by atoms with van der Waals surface area (Å²) in [5, 5.41) is -0.180. The van der Waals surface area contributed by atoms with Gasteiger partial charge in [0, 0.05) is 6.04 Å². The van der Waals surface area contributed by atoms with E-state index in [4.69, 9.17) is 17.3 Å². The summed E-state index contributed by atoms with van der Waals surface area (Å²) in [4.78, 5) is -0.200. The van der Waals surface area contributed by atoms with Crippen molar-refractivity contribution in [2.24, 2.45) is 5.92 Å². The van der Waals surface area contributed by atoms with Gasteiger partial charge in [0.2, 0.25) is 10.0 Å². The summed E-state index contributed by atoms with van der Waals surface area (Å²) < 4.78 is 40.1. The zero-order valence-corrected chi connectivity index (χ0v) is 13.4. The Morgan fingerprint density at radius 2 is 1.90 bits per heavy atom. The van der Waals surface area contributed by atoms with Crippen LogP contribution in [-0.2, 0) is 10.0 Å². The molecule has 0 aliphatic heterocycles. The Kier molecular flexibility index (Phi) is 5.79. The van der Waals surface area contributed by atoms with Crippen LogP contribution in [0.25, 0.3) is 0 Å². The van der Waals surface area contributed by atoms with E-state index < -0.39 is 15.8 Å². The Bertz CT molecular complexity index is 576. The number of benzene rings is 1. The van der Waals surface area contributed by atoms with Crippen molar-refractivity contribution in [2.75, 3.05) is 5.73 Å². The van der Waals surface area contributed by atoms with Crippen LogP contribution < -0.4 is 10.5 Å². The summed E-state index contributed by atoms with van der Waals surface area (Å²) in [6.45, 7) is 5.91. The highest BCUT2D eigenvalue weighted by Gasteiger charge is 2.22. The lowest BCUT2D eigenvalue weighted by Gasteiger charge is -2.16. The maximum absolute atomic E-state index is 13.2. The van der Waals surface area contributed by atoms with Crippen LogP contribution in [-0.4, -0.2) is 14.5 Å². The molecule has 4 nitrogen and oxygen atoms in total. The van der Waals surface area contributed by atoms with E-state index in [0.717, 1.165) is 18.6 Å². The molecule has 0 aliphatic rings. The third kappa shape index (κ3) is 4.61. The second-order valence-electron chi connectivity index (χ2n) is 5.30. The zero-order chi connectivity index (χ0) is 15.5. The van der Waals surface area contributed by atoms with Crippen molar-refractivity contribution in [1.82, 2.24) is 4.72 Å². The minimum absolute atomic E-state index is 0.180. The number of nitrogens with one attached hydrogen (secondary N) is 1. The van der Waals surface area contributed by atoms with Crippen LogP contribution in [0.1, 0.15) is 33.6 Å². The predicted molar refractivity (Wildman–Crippen MR) is 79.7 cm³/mol. The Balaban J connectivity index is 2.92. The first-order chi connectivity index (χ1) is 9.13. The molecule has 0 amide bonds. The highest BCUT2D eigenvalue weighted by atomic mass is 35.5. The van der Waals surface area contributed by atoms with E-state index in [2.05, 4.69) is 18.6 Å². The van der Waals surface area contributed by atoms with Crippen molar-refractivity contribution in [3.63, 3.8) is 0 Å². The van der Waals surface area contributed by atoms with Crippen molar-refractivity contribution in [2.45, 2.75) is 44.6 Å². The SMILES string of the molecule is CC(C)CCC(C)NS(=O)(=O)c1cc(N)c(F)cc1Cl. The Morgan fingerprint density at radius 1 is 1.30 bits per heavy atom. The van der Waals surface area contributed by atoms with E-state index in [1.54, 1.807) is 6.92 Å². The van der Waals surface area contributed by atoms with E-state index in [0.29, 0.717) is 12.3 Å². The molecule has 1 unspecified atom stereocenters. The summed E-state index contributed by atoms with van der Waals surface area (Å²) in [6.07, 6.45) is 1.62. The van der Waals surface area contributed by atoms with Gasteiger partial charge in [-0.2, -0.15) is 0 Å². The summed E-state index contributed by atoms with van der Waals surface area (Å²) in [6, 6.07) is 1.71. The molecule has 114 valence electrons. The first kappa shape index (κ1) is 17.2. The molecule has 1 atom stereocenters. The van der Waals surface area contributed by atoms with Crippen LogP contribution in [0.4, 0.5) is 10.1 Å². The van der Waals surface area contributed by atoms with Crippen LogP contribution in [0.2, 0.25) is 5.02 Å².